The number of hydrogen-bond donors (Lipinski definition) is 0. The second kappa shape index (κ2) is 3.61. The molecule has 0 bridgehead atoms. The van der Waals surface area contributed by atoms with Gasteiger partial charge in [0.25, 0.3) is 0 Å². The summed E-state index contributed by atoms with van der Waals surface area (Å²) in [6, 6.07) is 0. The number of hydrogen-bond acceptors (Lipinski definition) is 0. The zero-order valence-electron chi connectivity index (χ0n) is 10.9. The van der Waals surface area contributed by atoms with Gasteiger partial charge in [0.15, 0.2) is 0 Å². The van der Waals surface area contributed by atoms with E-state index in [0.717, 1.165) is 4.48 Å². The highest BCUT2D eigenvalue weighted by Crippen LogP contribution is 2.25. The van der Waals surface area contributed by atoms with Crippen LogP contribution in [-0.4, -0.2) is 30.7 Å². The van der Waals surface area contributed by atoms with Crippen LogP contribution in [0, 0.1) is 5.41 Å². The fourth-order valence-electron chi connectivity index (χ4n) is 0.950. The summed E-state index contributed by atoms with van der Waals surface area (Å²) < 4.78 is 1.10. The van der Waals surface area contributed by atoms with Crippen molar-refractivity contribution in [2.45, 2.75) is 53.5 Å². The van der Waals surface area contributed by atoms with Gasteiger partial charge in [0.05, 0.1) is 26.2 Å². The van der Waals surface area contributed by atoms with Crippen LogP contribution in [-0.2, 0) is 0 Å². The third-order valence-corrected chi connectivity index (χ3v) is 3.24. The lowest BCUT2D eigenvalue weighted by atomic mass is 9.90. The summed E-state index contributed by atoms with van der Waals surface area (Å²) in [5.41, 5.74) is 0.812. The second-order valence-corrected chi connectivity index (χ2v) is 6.89. The molecule has 0 aliphatic rings. The lowest BCUT2D eigenvalue weighted by Gasteiger charge is -2.43. The first-order chi connectivity index (χ1) is 5.46. The quantitative estimate of drug-likeness (QED) is 0.581. The molecule has 1 nitrogen and oxygen atoms in total. The molecule has 0 aromatic heterocycles. The minimum absolute atomic E-state index is 0.352. The second-order valence-electron chi connectivity index (χ2n) is 6.89. The minimum atomic E-state index is 0.352. The Balaban J connectivity index is 4.21. The molecule has 0 radical (unpaired) electrons. The van der Waals surface area contributed by atoms with Crippen LogP contribution in [0.1, 0.15) is 48.0 Å². The molecule has 0 heterocycles. The fourth-order valence-corrected chi connectivity index (χ4v) is 0.950. The van der Waals surface area contributed by atoms with Crippen molar-refractivity contribution < 1.29 is 4.48 Å². The normalized spacial score (nSPS) is 14.8. The molecule has 0 unspecified atom stereocenters. The molecule has 0 amide bonds. The highest BCUT2D eigenvalue weighted by Gasteiger charge is 2.32. The van der Waals surface area contributed by atoms with Crippen LogP contribution >= 0.6 is 0 Å². The van der Waals surface area contributed by atoms with Gasteiger partial charge >= 0.3 is 0 Å². The third kappa shape index (κ3) is 4.66. The fraction of sp³-hybridized carbons (Fsp3) is 1.00. The molecule has 13 heavy (non-hydrogen) atoms. The average Bonchev–Trinajstić information content (AvgIpc) is 1.79. The molecule has 0 spiro atoms. The van der Waals surface area contributed by atoms with Gasteiger partial charge in [0.1, 0.15) is 0 Å². The summed E-state index contributed by atoms with van der Waals surface area (Å²) in [5, 5.41) is 0. The Bertz CT molecular complexity index is 155. The first-order valence-corrected chi connectivity index (χ1v) is 5.29. The SMILES string of the molecule is CC(C)(C)CC[N+](C)(C)C(C)(C)C. The predicted octanol–water partition coefficient (Wildman–Crippen LogP) is 3.30. The summed E-state index contributed by atoms with van der Waals surface area (Å²) in [6.07, 6.45) is 1.29. The lowest BCUT2D eigenvalue weighted by molar-refractivity contribution is -0.936. The van der Waals surface area contributed by atoms with Crippen molar-refractivity contribution in [2.24, 2.45) is 5.41 Å². The Hall–Kier alpha value is -0.0400. The van der Waals surface area contributed by atoms with E-state index in [1.165, 1.54) is 13.0 Å². The Labute approximate surface area is 84.7 Å². The number of rotatable bonds is 2. The molecule has 0 aliphatic heterocycles. The maximum atomic E-state index is 2.33. The maximum Gasteiger partial charge on any atom is 0.0903 e. The first-order valence-electron chi connectivity index (χ1n) is 5.29. The van der Waals surface area contributed by atoms with E-state index in [9.17, 15) is 0 Å². The third-order valence-electron chi connectivity index (χ3n) is 3.24. The zero-order chi connectivity index (χ0) is 10.9. The zero-order valence-corrected chi connectivity index (χ0v) is 10.9. The van der Waals surface area contributed by atoms with E-state index in [0.29, 0.717) is 11.0 Å². The van der Waals surface area contributed by atoms with Crippen molar-refractivity contribution >= 4 is 0 Å². The van der Waals surface area contributed by atoms with E-state index in [4.69, 9.17) is 0 Å². The monoisotopic (exact) mass is 186 g/mol. The van der Waals surface area contributed by atoms with E-state index in [1.54, 1.807) is 0 Å². The van der Waals surface area contributed by atoms with Crippen LogP contribution in [0.25, 0.3) is 0 Å². The molecular formula is C12H28N+. The van der Waals surface area contributed by atoms with Crippen LogP contribution in [0.15, 0.2) is 0 Å². The van der Waals surface area contributed by atoms with Gasteiger partial charge in [-0.15, -0.1) is 0 Å². The summed E-state index contributed by atoms with van der Waals surface area (Å²) >= 11 is 0. The summed E-state index contributed by atoms with van der Waals surface area (Å²) in [5.74, 6) is 0. The van der Waals surface area contributed by atoms with E-state index in [2.05, 4.69) is 55.6 Å². The van der Waals surface area contributed by atoms with E-state index < -0.39 is 0 Å². The van der Waals surface area contributed by atoms with Gasteiger partial charge < -0.3 is 4.48 Å². The molecule has 0 saturated heterocycles. The van der Waals surface area contributed by atoms with Crippen molar-refractivity contribution in [1.29, 1.82) is 0 Å². The van der Waals surface area contributed by atoms with Crippen LogP contribution in [0.5, 0.6) is 0 Å². The van der Waals surface area contributed by atoms with Crippen molar-refractivity contribution in [3.8, 4) is 0 Å². The highest BCUT2D eigenvalue weighted by molar-refractivity contribution is 4.65. The van der Waals surface area contributed by atoms with Gasteiger partial charge in [-0.1, -0.05) is 20.8 Å². The van der Waals surface area contributed by atoms with Crippen molar-refractivity contribution in [2.75, 3.05) is 20.6 Å². The van der Waals surface area contributed by atoms with Crippen LogP contribution in [0.3, 0.4) is 0 Å². The minimum Gasteiger partial charge on any atom is -0.324 e. The molecule has 80 valence electrons. The van der Waals surface area contributed by atoms with Crippen LogP contribution in [0.4, 0.5) is 0 Å². The van der Waals surface area contributed by atoms with Crippen LogP contribution < -0.4 is 0 Å². The standard InChI is InChI=1S/C12H28N/c1-11(2,3)9-10-13(7,8)12(4,5)6/h9-10H2,1-8H3/q+1. The van der Waals surface area contributed by atoms with Crippen molar-refractivity contribution in [1.82, 2.24) is 0 Å². The van der Waals surface area contributed by atoms with Crippen molar-refractivity contribution in [3.05, 3.63) is 0 Å². The molecule has 0 aromatic rings. The van der Waals surface area contributed by atoms with Gasteiger partial charge in [-0.2, -0.15) is 0 Å². The van der Waals surface area contributed by atoms with Gasteiger partial charge in [-0.25, -0.2) is 0 Å². The Kier molecular flexibility index (Phi) is 3.59. The first kappa shape index (κ1) is 13.0. The molecule has 0 N–H and O–H groups in total. The maximum absolute atomic E-state index is 2.33. The molecule has 0 saturated carbocycles. The molecule has 0 aliphatic carbocycles. The van der Waals surface area contributed by atoms with Gasteiger partial charge in [0.2, 0.25) is 0 Å². The van der Waals surface area contributed by atoms with Gasteiger partial charge in [-0.05, 0) is 26.2 Å². The molecule has 0 aromatic carbocycles. The molecule has 1 heteroatoms. The Morgan fingerprint density at radius 2 is 1.23 bits per heavy atom. The van der Waals surface area contributed by atoms with Crippen molar-refractivity contribution in [3.63, 3.8) is 0 Å². The number of nitrogens with zero attached hydrogens (tertiary/aromatic N) is 1. The van der Waals surface area contributed by atoms with Gasteiger partial charge in [-0.3, -0.25) is 0 Å². The van der Waals surface area contributed by atoms with E-state index >= 15 is 0 Å². The molecule has 0 fully saturated rings. The molecule has 0 atom stereocenters. The Morgan fingerprint density at radius 3 is 1.46 bits per heavy atom. The summed E-state index contributed by atoms with van der Waals surface area (Å²) in [7, 11) is 4.65. The molecular weight excluding hydrogens is 158 g/mol. The average molecular weight is 186 g/mol. The highest BCUT2D eigenvalue weighted by atomic mass is 15.4. The lowest BCUT2D eigenvalue weighted by Crippen LogP contribution is -2.55. The topological polar surface area (TPSA) is 0 Å². The molecule has 0 rings (SSSR count). The summed E-state index contributed by atoms with van der Waals surface area (Å²) in [4.78, 5) is 0. The largest absolute Gasteiger partial charge is 0.324 e. The van der Waals surface area contributed by atoms with E-state index in [1.807, 2.05) is 0 Å². The Morgan fingerprint density at radius 1 is 0.846 bits per heavy atom. The van der Waals surface area contributed by atoms with Crippen LogP contribution in [0.2, 0.25) is 0 Å². The number of quaternary nitrogens is 1. The van der Waals surface area contributed by atoms with Gasteiger partial charge in [0, 0.05) is 6.42 Å². The predicted molar refractivity (Wildman–Crippen MR) is 60.8 cm³/mol. The smallest absolute Gasteiger partial charge is 0.0903 e. The van der Waals surface area contributed by atoms with E-state index in [-0.39, 0.29) is 0 Å². The summed E-state index contributed by atoms with van der Waals surface area (Å²) in [6.45, 7) is 15.1.